The Hall–Kier alpha value is -2.04. The number of rotatable bonds is 7. The van der Waals surface area contributed by atoms with Crippen molar-refractivity contribution in [2.75, 3.05) is 0 Å². The third-order valence-electron chi connectivity index (χ3n) is 4.12. The van der Waals surface area contributed by atoms with Gasteiger partial charge < -0.3 is 0 Å². The van der Waals surface area contributed by atoms with E-state index in [0.29, 0.717) is 12.5 Å². The van der Waals surface area contributed by atoms with Gasteiger partial charge in [0.05, 0.1) is 0 Å². The maximum atomic E-state index is 6.07. The smallest absolute Gasteiger partial charge is 0.192 e. The van der Waals surface area contributed by atoms with Crippen LogP contribution in [0.15, 0.2) is 66.3 Å². The molecule has 26 heavy (non-hydrogen) atoms. The van der Waals surface area contributed by atoms with Gasteiger partial charge in [-0.1, -0.05) is 79.7 Å². The summed E-state index contributed by atoms with van der Waals surface area (Å²) in [5, 5.41) is 10.5. The Bertz CT molecular complexity index is 885. The van der Waals surface area contributed by atoms with Crippen LogP contribution in [0.2, 0.25) is 5.02 Å². The number of hydrogen-bond acceptors (Lipinski definition) is 3. The quantitative estimate of drug-likeness (QED) is 0.359. The van der Waals surface area contributed by atoms with Gasteiger partial charge in [-0.25, -0.2) is 0 Å². The predicted octanol–water partition coefficient (Wildman–Crippen LogP) is 6.20. The van der Waals surface area contributed by atoms with Gasteiger partial charge in [-0.2, -0.15) is 0 Å². The summed E-state index contributed by atoms with van der Waals surface area (Å²) >= 11 is 7.73. The monoisotopic (exact) mass is 383 g/mol. The highest BCUT2D eigenvalue weighted by Gasteiger charge is 2.14. The second-order valence-corrected chi connectivity index (χ2v) is 7.78. The van der Waals surface area contributed by atoms with Crippen molar-refractivity contribution in [3.63, 3.8) is 0 Å². The van der Waals surface area contributed by atoms with Crippen molar-refractivity contribution in [1.29, 1.82) is 0 Å². The van der Waals surface area contributed by atoms with Gasteiger partial charge in [0.2, 0.25) is 0 Å². The molecule has 3 aromatic rings. The Labute approximate surface area is 164 Å². The van der Waals surface area contributed by atoms with Crippen LogP contribution in [0, 0.1) is 0 Å². The summed E-state index contributed by atoms with van der Waals surface area (Å²) in [6.45, 7) is 8.94. The molecule has 0 spiro atoms. The fourth-order valence-electron chi connectivity index (χ4n) is 2.69. The Morgan fingerprint density at radius 2 is 1.92 bits per heavy atom. The van der Waals surface area contributed by atoms with Crippen LogP contribution in [0.4, 0.5) is 0 Å². The first-order valence-corrected chi connectivity index (χ1v) is 9.96. The lowest BCUT2D eigenvalue weighted by Gasteiger charge is -2.09. The molecular formula is C21H22ClN3S. The van der Waals surface area contributed by atoms with Crippen LogP contribution in [0.5, 0.6) is 0 Å². The number of thioether (sulfide) groups is 1. The molecule has 0 N–H and O–H groups in total. The van der Waals surface area contributed by atoms with Crippen LogP contribution in [-0.2, 0) is 12.3 Å². The van der Waals surface area contributed by atoms with Crippen molar-refractivity contribution in [2.45, 2.75) is 37.2 Å². The number of aromatic nitrogens is 3. The zero-order chi connectivity index (χ0) is 18.5. The molecule has 0 unspecified atom stereocenters. The number of benzene rings is 2. The summed E-state index contributed by atoms with van der Waals surface area (Å²) in [6.07, 6.45) is 1.87. The molecule has 0 fully saturated rings. The molecule has 0 aliphatic heterocycles. The first-order valence-electron chi connectivity index (χ1n) is 8.60. The molecule has 0 aliphatic rings. The van der Waals surface area contributed by atoms with Gasteiger partial charge >= 0.3 is 0 Å². The fourth-order valence-corrected chi connectivity index (χ4v) is 3.80. The van der Waals surface area contributed by atoms with Gasteiger partial charge in [0, 0.05) is 22.9 Å². The maximum Gasteiger partial charge on any atom is 0.192 e. The molecule has 0 radical (unpaired) electrons. The predicted molar refractivity (Wildman–Crippen MR) is 111 cm³/mol. The van der Waals surface area contributed by atoms with Crippen molar-refractivity contribution in [1.82, 2.24) is 14.8 Å². The van der Waals surface area contributed by atoms with Crippen LogP contribution in [0.3, 0.4) is 0 Å². The average molecular weight is 384 g/mol. The van der Waals surface area contributed by atoms with Crippen molar-refractivity contribution in [2.24, 2.45) is 0 Å². The van der Waals surface area contributed by atoms with E-state index in [1.807, 2.05) is 24.3 Å². The highest BCUT2D eigenvalue weighted by Crippen LogP contribution is 2.28. The second-order valence-electron chi connectivity index (χ2n) is 6.40. The zero-order valence-corrected chi connectivity index (χ0v) is 16.6. The molecule has 0 saturated heterocycles. The Balaban J connectivity index is 1.84. The van der Waals surface area contributed by atoms with E-state index in [1.165, 1.54) is 11.1 Å². The van der Waals surface area contributed by atoms with E-state index < -0.39 is 0 Å². The molecule has 0 amide bonds. The van der Waals surface area contributed by atoms with E-state index in [9.17, 15) is 0 Å². The first kappa shape index (κ1) is 18.7. The summed E-state index contributed by atoms with van der Waals surface area (Å²) in [4.78, 5) is 0. The second kappa shape index (κ2) is 8.56. The van der Waals surface area contributed by atoms with Gasteiger partial charge in [-0.15, -0.1) is 16.8 Å². The summed E-state index contributed by atoms with van der Waals surface area (Å²) in [7, 11) is 0. The van der Waals surface area contributed by atoms with Crippen LogP contribution in [-0.4, -0.2) is 14.8 Å². The van der Waals surface area contributed by atoms with E-state index in [1.54, 1.807) is 11.8 Å². The molecule has 1 heterocycles. The lowest BCUT2D eigenvalue weighted by molar-refractivity contribution is 0.731. The van der Waals surface area contributed by atoms with Crippen LogP contribution in [0.1, 0.15) is 30.9 Å². The third-order valence-corrected chi connectivity index (χ3v) is 5.39. The Kier molecular flexibility index (Phi) is 6.17. The molecule has 134 valence electrons. The standard InChI is InChI=1S/C21H22ClN3S/c1-4-12-25-20(18-10-8-17(9-11-18)15(2)3)23-24-21(25)26-14-16-6-5-7-19(22)13-16/h4-11,13,15H,1,12,14H2,2-3H3. The third kappa shape index (κ3) is 4.37. The average Bonchev–Trinajstić information content (AvgIpc) is 3.03. The van der Waals surface area contributed by atoms with Crippen LogP contribution >= 0.6 is 23.4 Å². The molecule has 5 heteroatoms. The Morgan fingerprint density at radius 1 is 1.15 bits per heavy atom. The highest BCUT2D eigenvalue weighted by molar-refractivity contribution is 7.98. The minimum absolute atomic E-state index is 0.513. The molecule has 1 aromatic heterocycles. The topological polar surface area (TPSA) is 30.7 Å². The van der Waals surface area contributed by atoms with Crippen molar-refractivity contribution in [3.05, 3.63) is 77.3 Å². The number of allylic oxidation sites excluding steroid dienone is 1. The molecule has 3 rings (SSSR count). The summed E-state index contributed by atoms with van der Waals surface area (Å²) in [5.41, 5.74) is 3.55. The molecule has 0 saturated carbocycles. The van der Waals surface area contributed by atoms with Gasteiger partial charge in [-0.05, 0) is 29.2 Å². The summed E-state index contributed by atoms with van der Waals surface area (Å²) < 4.78 is 2.10. The van der Waals surface area contributed by atoms with Crippen LogP contribution < -0.4 is 0 Å². The molecule has 3 nitrogen and oxygen atoms in total. The summed E-state index contributed by atoms with van der Waals surface area (Å²) in [6, 6.07) is 16.4. The first-order chi connectivity index (χ1) is 12.6. The molecule has 0 atom stereocenters. The SMILES string of the molecule is C=CCn1c(SCc2cccc(Cl)c2)nnc1-c1ccc(C(C)C)cc1. The lowest BCUT2D eigenvalue weighted by Crippen LogP contribution is -2.01. The van der Waals surface area contributed by atoms with Gasteiger partial charge in [-0.3, -0.25) is 4.57 Å². The van der Waals surface area contributed by atoms with E-state index in [4.69, 9.17) is 11.6 Å². The summed E-state index contributed by atoms with van der Waals surface area (Å²) in [5.74, 6) is 2.18. The van der Waals surface area contributed by atoms with Gasteiger partial charge in [0.15, 0.2) is 11.0 Å². The zero-order valence-electron chi connectivity index (χ0n) is 15.0. The Morgan fingerprint density at radius 3 is 2.58 bits per heavy atom. The normalized spacial score (nSPS) is 11.1. The van der Waals surface area contributed by atoms with Crippen molar-refractivity contribution < 1.29 is 0 Å². The van der Waals surface area contributed by atoms with Crippen LogP contribution in [0.25, 0.3) is 11.4 Å². The van der Waals surface area contributed by atoms with E-state index in [2.05, 4.69) is 65.5 Å². The van der Waals surface area contributed by atoms with E-state index in [-0.39, 0.29) is 0 Å². The largest absolute Gasteiger partial charge is 0.298 e. The minimum Gasteiger partial charge on any atom is -0.298 e. The molecular weight excluding hydrogens is 362 g/mol. The van der Waals surface area contributed by atoms with E-state index >= 15 is 0 Å². The maximum absolute atomic E-state index is 6.07. The minimum atomic E-state index is 0.513. The van der Waals surface area contributed by atoms with Crippen molar-refractivity contribution >= 4 is 23.4 Å². The highest BCUT2D eigenvalue weighted by atomic mass is 35.5. The van der Waals surface area contributed by atoms with E-state index in [0.717, 1.165) is 27.3 Å². The molecule has 0 bridgehead atoms. The molecule has 0 aliphatic carbocycles. The number of hydrogen-bond donors (Lipinski definition) is 0. The molecule has 2 aromatic carbocycles. The fraction of sp³-hybridized carbons (Fsp3) is 0.238. The van der Waals surface area contributed by atoms with Crippen molar-refractivity contribution in [3.8, 4) is 11.4 Å². The lowest BCUT2D eigenvalue weighted by atomic mass is 10.0. The van der Waals surface area contributed by atoms with Gasteiger partial charge in [0.1, 0.15) is 0 Å². The number of halogens is 1. The number of nitrogens with zero attached hydrogens (tertiary/aromatic N) is 3. The van der Waals surface area contributed by atoms with Gasteiger partial charge in [0.25, 0.3) is 0 Å².